The Kier molecular flexibility index (Phi) is 6.29. The molecular weight excluding hydrogens is 430 g/mol. The molecule has 0 bridgehead atoms. The van der Waals surface area contributed by atoms with E-state index in [0.29, 0.717) is 24.6 Å². The number of fused-ring (bicyclic) bond motifs is 2. The third-order valence-corrected chi connectivity index (χ3v) is 6.50. The van der Waals surface area contributed by atoms with Gasteiger partial charge in [0.05, 0.1) is 6.42 Å². The molecule has 0 aliphatic carbocycles. The maximum atomic E-state index is 11.6. The third kappa shape index (κ3) is 4.81. The summed E-state index contributed by atoms with van der Waals surface area (Å²) in [6, 6.07) is 12.3. The smallest absolute Gasteiger partial charge is 0.303 e. The monoisotopic (exact) mass is 459 g/mol. The van der Waals surface area contributed by atoms with Crippen LogP contribution in [0.2, 0.25) is 0 Å². The summed E-state index contributed by atoms with van der Waals surface area (Å²) in [5.41, 5.74) is 4.42. The van der Waals surface area contributed by atoms with E-state index in [1.807, 2.05) is 42.1 Å². The van der Waals surface area contributed by atoms with E-state index in [4.69, 9.17) is 9.51 Å². The fraction of sp³-hybridized carbons (Fsp3) is 0.385. The Hall–Kier alpha value is -3.68. The molecule has 5 rings (SSSR count). The lowest BCUT2D eigenvalue weighted by atomic mass is 9.92. The lowest BCUT2D eigenvalue weighted by Crippen LogP contribution is -2.14. The summed E-state index contributed by atoms with van der Waals surface area (Å²) in [6.45, 7) is 0.983. The van der Waals surface area contributed by atoms with Crippen molar-refractivity contribution in [2.24, 2.45) is 7.05 Å². The van der Waals surface area contributed by atoms with Gasteiger partial charge in [0.25, 0.3) is 0 Å². The highest BCUT2D eigenvalue weighted by molar-refractivity contribution is 5.85. The first-order valence-corrected chi connectivity index (χ1v) is 11.9. The molecule has 0 radical (unpaired) electrons. The van der Waals surface area contributed by atoms with Crippen molar-refractivity contribution in [2.45, 2.75) is 50.9 Å². The number of carbonyl (C=O) groups is 1. The van der Waals surface area contributed by atoms with E-state index in [1.54, 1.807) is 0 Å². The fourth-order valence-corrected chi connectivity index (χ4v) is 4.82. The Balaban J connectivity index is 1.24. The van der Waals surface area contributed by atoms with Gasteiger partial charge in [0.1, 0.15) is 5.82 Å². The van der Waals surface area contributed by atoms with Gasteiger partial charge in [0.15, 0.2) is 5.82 Å². The van der Waals surface area contributed by atoms with Crippen LogP contribution in [0.3, 0.4) is 0 Å². The van der Waals surface area contributed by atoms with E-state index in [9.17, 15) is 9.90 Å². The van der Waals surface area contributed by atoms with Gasteiger partial charge in [-0.1, -0.05) is 29.4 Å². The predicted molar refractivity (Wildman–Crippen MR) is 129 cm³/mol. The van der Waals surface area contributed by atoms with E-state index in [1.165, 1.54) is 5.56 Å². The fourth-order valence-electron chi connectivity index (χ4n) is 4.82. The summed E-state index contributed by atoms with van der Waals surface area (Å²) in [5.74, 6) is 1.06. The Bertz CT molecular complexity index is 1310. The number of hydrogen-bond donors (Lipinski definition) is 2. The van der Waals surface area contributed by atoms with Gasteiger partial charge in [-0.15, -0.1) is 0 Å². The van der Waals surface area contributed by atoms with Crippen molar-refractivity contribution in [3.05, 3.63) is 71.1 Å². The van der Waals surface area contributed by atoms with E-state index in [-0.39, 0.29) is 12.3 Å². The van der Waals surface area contributed by atoms with Gasteiger partial charge in [-0.05, 0) is 48.9 Å². The number of benzene rings is 1. The molecule has 1 aliphatic rings. The quantitative estimate of drug-likeness (QED) is 0.384. The molecule has 34 heavy (non-hydrogen) atoms. The van der Waals surface area contributed by atoms with Crippen LogP contribution in [0.1, 0.15) is 53.7 Å². The number of carboxylic acids is 1. The molecule has 0 fully saturated rings. The standard InChI is InChI=1S/C26H29N5O3/c1-31-16-21(20-8-2-3-9-22(20)31)18(15-25(32)33)14-24-29-23(30-34-24)10-4-7-19-12-11-17-6-5-13-27-26(17)28-19/h2-3,8-9,11-12,16,18H,4-7,10,13-15H2,1H3,(H,27,28)(H,32,33). The van der Waals surface area contributed by atoms with Crippen LogP contribution >= 0.6 is 0 Å². The van der Waals surface area contributed by atoms with Crippen molar-refractivity contribution in [1.82, 2.24) is 19.7 Å². The topological polar surface area (TPSA) is 106 Å². The van der Waals surface area contributed by atoms with E-state index in [0.717, 1.165) is 60.2 Å². The summed E-state index contributed by atoms with van der Waals surface area (Å²) in [4.78, 5) is 20.9. The van der Waals surface area contributed by atoms with Crippen LogP contribution in [-0.2, 0) is 37.5 Å². The molecule has 2 N–H and O–H groups in total. The van der Waals surface area contributed by atoms with Crippen molar-refractivity contribution in [3.63, 3.8) is 0 Å². The van der Waals surface area contributed by atoms with Crippen LogP contribution in [0.4, 0.5) is 5.82 Å². The number of rotatable bonds is 9. The first-order chi connectivity index (χ1) is 16.6. The highest BCUT2D eigenvalue weighted by Gasteiger charge is 2.23. The van der Waals surface area contributed by atoms with Gasteiger partial charge in [0, 0.05) is 55.1 Å². The molecule has 8 nitrogen and oxygen atoms in total. The van der Waals surface area contributed by atoms with Crippen LogP contribution in [0.15, 0.2) is 47.1 Å². The zero-order chi connectivity index (χ0) is 23.5. The van der Waals surface area contributed by atoms with Gasteiger partial charge in [-0.3, -0.25) is 4.79 Å². The SMILES string of the molecule is Cn1cc(C(CC(=O)O)Cc2nc(CCCc3ccc4c(n3)NCCC4)no2)c2ccccc21. The number of nitrogens with one attached hydrogen (secondary N) is 1. The van der Waals surface area contributed by atoms with E-state index < -0.39 is 5.97 Å². The predicted octanol–water partition coefficient (Wildman–Crippen LogP) is 4.29. The second-order valence-corrected chi connectivity index (χ2v) is 9.01. The number of anilines is 1. The maximum Gasteiger partial charge on any atom is 0.303 e. The summed E-state index contributed by atoms with van der Waals surface area (Å²) >= 11 is 0. The summed E-state index contributed by atoms with van der Waals surface area (Å²) in [7, 11) is 1.97. The molecule has 0 saturated heterocycles. The number of aromatic nitrogens is 4. The Morgan fingerprint density at radius 1 is 1.21 bits per heavy atom. The first-order valence-electron chi connectivity index (χ1n) is 11.9. The minimum atomic E-state index is -0.843. The number of para-hydroxylation sites is 1. The van der Waals surface area contributed by atoms with Crippen LogP contribution in [0.25, 0.3) is 10.9 Å². The van der Waals surface area contributed by atoms with Crippen molar-refractivity contribution >= 4 is 22.7 Å². The largest absolute Gasteiger partial charge is 0.481 e. The van der Waals surface area contributed by atoms with Crippen molar-refractivity contribution in [1.29, 1.82) is 0 Å². The molecule has 0 spiro atoms. The highest BCUT2D eigenvalue weighted by atomic mass is 16.5. The molecule has 176 valence electrons. The first kappa shape index (κ1) is 22.1. The average molecular weight is 460 g/mol. The maximum absolute atomic E-state index is 11.6. The van der Waals surface area contributed by atoms with Crippen LogP contribution in [0.5, 0.6) is 0 Å². The van der Waals surface area contributed by atoms with Crippen LogP contribution in [0, 0.1) is 0 Å². The highest BCUT2D eigenvalue weighted by Crippen LogP contribution is 2.32. The molecular formula is C26H29N5O3. The lowest BCUT2D eigenvalue weighted by molar-refractivity contribution is -0.137. The average Bonchev–Trinajstić information content (AvgIpc) is 3.42. The molecule has 1 atom stereocenters. The van der Waals surface area contributed by atoms with Crippen molar-refractivity contribution in [2.75, 3.05) is 11.9 Å². The molecule has 4 heterocycles. The van der Waals surface area contributed by atoms with Crippen molar-refractivity contribution in [3.8, 4) is 0 Å². The molecule has 1 aliphatic heterocycles. The molecule has 0 amide bonds. The molecule has 8 heteroatoms. The number of aliphatic carboxylic acids is 1. The second kappa shape index (κ2) is 9.67. The third-order valence-electron chi connectivity index (χ3n) is 6.50. The Morgan fingerprint density at radius 2 is 2.09 bits per heavy atom. The summed E-state index contributed by atoms with van der Waals surface area (Å²) in [6.07, 6.45) is 7.05. The Morgan fingerprint density at radius 3 is 2.97 bits per heavy atom. The summed E-state index contributed by atoms with van der Waals surface area (Å²) < 4.78 is 7.54. The molecule has 1 unspecified atom stereocenters. The zero-order valence-electron chi connectivity index (χ0n) is 19.3. The number of carboxylic acid groups (broad SMARTS) is 1. The van der Waals surface area contributed by atoms with Gasteiger partial charge in [-0.25, -0.2) is 4.98 Å². The van der Waals surface area contributed by atoms with Crippen molar-refractivity contribution < 1.29 is 14.4 Å². The summed E-state index contributed by atoms with van der Waals surface area (Å²) in [5, 5.41) is 18.1. The normalized spacial score (nSPS) is 14.0. The molecule has 3 aromatic heterocycles. The number of pyridine rings is 1. The van der Waals surface area contributed by atoms with E-state index in [2.05, 4.69) is 27.6 Å². The minimum absolute atomic E-state index is 0.00372. The van der Waals surface area contributed by atoms with Crippen LogP contribution < -0.4 is 5.32 Å². The van der Waals surface area contributed by atoms with Crippen LogP contribution in [-0.4, -0.2) is 37.3 Å². The zero-order valence-corrected chi connectivity index (χ0v) is 19.3. The Labute approximate surface area is 198 Å². The molecule has 0 saturated carbocycles. The second-order valence-electron chi connectivity index (χ2n) is 9.01. The van der Waals surface area contributed by atoms with E-state index >= 15 is 0 Å². The van der Waals surface area contributed by atoms with Gasteiger partial charge < -0.3 is 19.5 Å². The lowest BCUT2D eigenvalue weighted by Gasteiger charge is -2.17. The van der Waals surface area contributed by atoms with Gasteiger partial charge in [0.2, 0.25) is 5.89 Å². The minimum Gasteiger partial charge on any atom is -0.481 e. The van der Waals surface area contributed by atoms with Gasteiger partial charge in [-0.2, -0.15) is 4.98 Å². The molecule has 4 aromatic rings. The molecule has 1 aromatic carbocycles. The number of hydrogen-bond acceptors (Lipinski definition) is 6. The number of nitrogens with zero attached hydrogens (tertiary/aromatic N) is 4. The van der Waals surface area contributed by atoms with Gasteiger partial charge >= 0.3 is 5.97 Å². The number of aryl methyl sites for hydroxylation is 4.